The summed E-state index contributed by atoms with van der Waals surface area (Å²) < 4.78 is 0. The summed E-state index contributed by atoms with van der Waals surface area (Å²) in [5, 5.41) is 3.23. The van der Waals surface area contributed by atoms with Crippen LogP contribution in [0, 0.1) is 0 Å². The van der Waals surface area contributed by atoms with Crippen molar-refractivity contribution in [1.82, 2.24) is 19.9 Å². The Hall–Kier alpha value is -2.44. The molecule has 1 aliphatic rings. The van der Waals surface area contributed by atoms with E-state index in [1.807, 2.05) is 25.1 Å². The summed E-state index contributed by atoms with van der Waals surface area (Å²) in [5.41, 5.74) is 6.73. The second-order valence-corrected chi connectivity index (χ2v) is 5.13. The van der Waals surface area contributed by atoms with Crippen molar-refractivity contribution in [2.45, 2.75) is 25.8 Å². The molecule has 7 nitrogen and oxygen atoms in total. The first-order valence-corrected chi connectivity index (χ1v) is 7.16. The lowest BCUT2D eigenvalue weighted by Crippen LogP contribution is -2.22. The van der Waals surface area contributed by atoms with Gasteiger partial charge in [-0.05, 0) is 31.9 Å². The molecule has 1 unspecified atom stereocenters. The lowest BCUT2D eigenvalue weighted by Gasteiger charge is -2.18. The number of nitrogens with two attached hydrogens (primary N) is 1. The number of hydrogen-bond acceptors (Lipinski definition) is 7. The molecule has 1 fully saturated rings. The van der Waals surface area contributed by atoms with E-state index in [1.54, 1.807) is 6.20 Å². The number of anilines is 3. The van der Waals surface area contributed by atoms with Crippen LogP contribution in [0.5, 0.6) is 0 Å². The Labute approximate surface area is 123 Å². The molecule has 1 aliphatic heterocycles. The van der Waals surface area contributed by atoms with Crippen molar-refractivity contribution < 1.29 is 0 Å². The maximum atomic E-state index is 5.80. The highest BCUT2D eigenvalue weighted by molar-refractivity contribution is 5.43. The lowest BCUT2D eigenvalue weighted by atomic mass is 10.2. The molecule has 0 radical (unpaired) electrons. The molecule has 110 valence electrons. The Morgan fingerprint density at radius 1 is 1.19 bits per heavy atom. The minimum atomic E-state index is -0.000530. The predicted octanol–water partition coefficient (Wildman–Crippen LogP) is 1.62. The van der Waals surface area contributed by atoms with Crippen LogP contribution in [0.25, 0.3) is 0 Å². The number of hydrogen-bond donors (Lipinski definition) is 2. The first-order chi connectivity index (χ1) is 10.2. The van der Waals surface area contributed by atoms with E-state index in [-0.39, 0.29) is 12.0 Å². The average molecular weight is 285 g/mol. The fourth-order valence-electron chi connectivity index (χ4n) is 2.40. The van der Waals surface area contributed by atoms with Gasteiger partial charge in [-0.1, -0.05) is 6.07 Å². The van der Waals surface area contributed by atoms with Gasteiger partial charge in [0.1, 0.15) is 0 Å². The number of nitrogens with zero attached hydrogens (tertiary/aromatic N) is 5. The summed E-state index contributed by atoms with van der Waals surface area (Å²) in [5.74, 6) is 1.38. The highest BCUT2D eigenvalue weighted by atomic mass is 15.3. The number of nitrogen functional groups attached to an aromatic ring is 1. The first-order valence-electron chi connectivity index (χ1n) is 7.16. The smallest absolute Gasteiger partial charge is 0.231 e. The average Bonchev–Trinajstić information content (AvgIpc) is 3.02. The van der Waals surface area contributed by atoms with E-state index in [1.165, 1.54) is 12.8 Å². The fraction of sp³-hybridized carbons (Fsp3) is 0.429. The van der Waals surface area contributed by atoms with Crippen LogP contribution in [0.3, 0.4) is 0 Å². The van der Waals surface area contributed by atoms with Crippen LogP contribution in [0.1, 0.15) is 31.5 Å². The van der Waals surface area contributed by atoms with Crippen molar-refractivity contribution in [1.29, 1.82) is 0 Å². The first kappa shape index (κ1) is 13.5. The number of nitrogens with one attached hydrogen (secondary N) is 1. The van der Waals surface area contributed by atoms with Gasteiger partial charge in [0.15, 0.2) is 0 Å². The van der Waals surface area contributed by atoms with Gasteiger partial charge in [-0.2, -0.15) is 15.0 Å². The van der Waals surface area contributed by atoms with Gasteiger partial charge in [-0.25, -0.2) is 0 Å². The minimum Gasteiger partial charge on any atom is -0.368 e. The Morgan fingerprint density at radius 2 is 2.00 bits per heavy atom. The quantitative estimate of drug-likeness (QED) is 0.881. The van der Waals surface area contributed by atoms with E-state index in [0.717, 1.165) is 18.8 Å². The zero-order valence-electron chi connectivity index (χ0n) is 12.0. The van der Waals surface area contributed by atoms with Gasteiger partial charge in [0, 0.05) is 19.3 Å². The van der Waals surface area contributed by atoms with Crippen molar-refractivity contribution in [3.8, 4) is 0 Å². The van der Waals surface area contributed by atoms with Crippen molar-refractivity contribution in [3.05, 3.63) is 30.1 Å². The zero-order valence-corrected chi connectivity index (χ0v) is 12.0. The molecular formula is C14H19N7. The predicted molar refractivity (Wildman–Crippen MR) is 82.0 cm³/mol. The molecule has 21 heavy (non-hydrogen) atoms. The molecule has 2 aromatic heterocycles. The maximum Gasteiger partial charge on any atom is 0.231 e. The number of rotatable bonds is 4. The van der Waals surface area contributed by atoms with Gasteiger partial charge in [0.25, 0.3) is 0 Å². The summed E-state index contributed by atoms with van der Waals surface area (Å²) in [6, 6.07) is 5.81. The topological polar surface area (TPSA) is 92.8 Å². The summed E-state index contributed by atoms with van der Waals surface area (Å²) in [6.45, 7) is 3.95. The van der Waals surface area contributed by atoms with Gasteiger partial charge in [0.2, 0.25) is 17.8 Å². The van der Waals surface area contributed by atoms with Crippen molar-refractivity contribution >= 4 is 17.8 Å². The Kier molecular flexibility index (Phi) is 3.81. The van der Waals surface area contributed by atoms with Gasteiger partial charge < -0.3 is 16.0 Å². The van der Waals surface area contributed by atoms with Gasteiger partial charge in [-0.3, -0.25) is 4.98 Å². The molecule has 7 heteroatoms. The van der Waals surface area contributed by atoms with Gasteiger partial charge in [-0.15, -0.1) is 0 Å². The second-order valence-electron chi connectivity index (χ2n) is 5.13. The van der Waals surface area contributed by atoms with Crippen LogP contribution in [0.15, 0.2) is 24.4 Å². The van der Waals surface area contributed by atoms with E-state index in [4.69, 9.17) is 5.73 Å². The summed E-state index contributed by atoms with van der Waals surface area (Å²) in [4.78, 5) is 19.3. The third-order valence-corrected chi connectivity index (χ3v) is 3.51. The van der Waals surface area contributed by atoms with Gasteiger partial charge in [0.05, 0.1) is 11.7 Å². The Morgan fingerprint density at radius 3 is 2.71 bits per heavy atom. The molecule has 3 heterocycles. The highest BCUT2D eigenvalue weighted by Gasteiger charge is 2.17. The second kappa shape index (κ2) is 5.90. The van der Waals surface area contributed by atoms with E-state index < -0.39 is 0 Å². The largest absolute Gasteiger partial charge is 0.368 e. The monoisotopic (exact) mass is 285 g/mol. The van der Waals surface area contributed by atoms with E-state index in [9.17, 15) is 0 Å². The minimum absolute atomic E-state index is 0.000530. The van der Waals surface area contributed by atoms with Crippen LogP contribution in [-0.2, 0) is 0 Å². The third-order valence-electron chi connectivity index (χ3n) is 3.51. The molecule has 0 bridgehead atoms. The molecule has 3 rings (SSSR count). The molecule has 0 spiro atoms. The molecule has 1 saturated heterocycles. The normalized spacial score (nSPS) is 16.0. The molecule has 0 aromatic carbocycles. The summed E-state index contributed by atoms with van der Waals surface area (Å²) in [6.07, 6.45) is 4.10. The summed E-state index contributed by atoms with van der Waals surface area (Å²) >= 11 is 0. The van der Waals surface area contributed by atoms with E-state index >= 15 is 0 Å². The van der Waals surface area contributed by atoms with Crippen LogP contribution in [-0.4, -0.2) is 33.0 Å². The Balaban J connectivity index is 1.78. The lowest BCUT2D eigenvalue weighted by molar-refractivity contribution is 0.810. The molecule has 2 aromatic rings. The van der Waals surface area contributed by atoms with Crippen LogP contribution < -0.4 is 16.0 Å². The molecular weight excluding hydrogens is 266 g/mol. The number of aromatic nitrogens is 4. The Bertz CT molecular complexity index is 596. The van der Waals surface area contributed by atoms with Crippen LogP contribution in [0.4, 0.5) is 17.8 Å². The maximum absolute atomic E-state index is 5.80. The molecule has 3 N–H and O–H groups in total. The van der Waals surface area contributed by atoms with Crippen molar-refractivity contribution in [3.63, 3.8) is 0 Å². The third kappa shape index (κ3) is 3.18. The van der Waals surface area contributed by atoms with Crippen LogP contribution >= 0.6 is 0 Å². The van der Waals surface area contributed by atoms with E-state index in [2.05, 4.69) is 30.2 Å². The summed E-state index contributed by atoms with van der Waals surface area (Å²) in [7, 11) is 0. The molecule has 0 aliphatic carbocycles. The zero-order chi connectivity index (χ0) is 14.7. The SMILES string of the molecule is CC(Nc1nc(N)nc(N2CCCC2)n1)c1ccccn1. The van der Waals surface area contributed by atoms with E-state index in [0.29, 0.717) is 11.9 Å². The fourth-order valence-corrected chi connectivity index (χ4v) is 2.40. The van der Waals surface area contributed by atoms with Gasteiger partial charge >= 0.3 is 0 Å². The number of pyridine rings is 1. The van der Waals surface area contributed by atoms with Crippen LogP contribution in [0.2, 0.25) is 0 Å². The molecule has 0 amide bonds. The molecule has 0 saturated carbocycles. The highest BCUT2D eigenvalue weighted by Crippen LogP contribution is 2.20. The molecule has 1 atom stereocenters. The standard InChI is InChI=1S/C14H19N7/c1-10(11-6-2-3-7-16-11)17-13-18-12(15)19-14(20-13)21-8-4-5-9-21/h2-3,6-7,10H,4-5,8-9H2,1H3,(H3,15,17,18,19,20). The van der Waals surface area contributed by atoms with Crippen molar-refractivity contribution in [2.75, 3.05) is 29.0 Å². The van der Waals surface area contributed by atoms with Crippen molar-refractivity contribution in [2.24, 2.45) is 0 Å².